The van der Waals surface area contributed by atoms with Gasteiger partial charge in [-0.15, -0.1) is 0 Å². The summed E-state index contributed by atoms with van der Waals surface area (Å²) in [7, 11) is 0. The van der Waals surface area contributed by atoms with Crippen molar-refractivity contribution in [2.24, 2.45) is 0 Å². The predicted molar refractivity (Wildman–Crippen MR) is 78.9 cm³/mol. The second-order valence-electron chi connectivity index (χ2n) is 6.09. The molecule has 5 heteroatoms. The number of ether oxygens (including phenoxy) is 1. The van der Waals surface area contributed by atoms with Crippen molar-refractivity contribution in [2.45, 2.75) is 32.4 Å². The molecule has 1 aromatic carbocycles. The first-order valence-corrected chi connectivity index (χ1v) is 7.32. The van der Waals surface area contributed by atoms with E-state index in [9.17, 15) is 0 Å². The van der Waals surface area contributed by atoms with Gasteiger partial charge in [0.15, 0.2) is 5.82 Å². The van der Waals surface area contributed by atoms with E-state index < -0.39 is 0 Å². The molecule has 1 aliphatic rings. The van der Waals surface area contributed by atoms with Crippen LogP contribution in [-0.2, 0) is 17.7 Å². The first-order valence-electron chi connectivity index (χ1n) is 7.32. The molecule has 0 N–H and O–H groups in total. The lowest BCUT2D eigenvalue weighted by Gasteiger charge is -2.37. The van der Waals surface area contributed by atoms with E-state index in [0.29, 0.717) is 18.9 Å². The Kier molecular flexibility index (Phi) is 4.03. The number of benzene rings is 1. The van der Waals surface area contributed by atoms with Gasteiger partial charge in [0.1, 0.15) is 0 Å². The lowest BCUT2D eigenvalue weighted by atomic mass is 10.1. The minimum absolute atomic E-state index is 0.106. The maximum atomic E-state index is 5.71. The van der Waals surface area contributed by atoms with E-state index >= 15 is 0 Å². The number of morpholine rings is 1. The van der Waals surface area contributed by atoms with E-state index in [2.05, 4.69) is 41.0 Å². The average molecular weight is 287 g/mol. The van der Waals surface area contributed by atoms with Crippen LogP contribution in [0.2, 0.25) is 0 Å². The normalized spacial score (nSPS) is 18.8. The van der Waals surface area contributed by atoms with Crippen LogP contribution in [-0.4, -0.2) is 40.3 Å². The van der Waals surface area contributed by atoms with Crippen LogP contribution in [0, 0.1) is 0 Å². The summed E-state index contributed by atoms with van der Waals surface area (Å²) in [6.07, 6.45) is 0.707. The maximum absolute atomic E-state index is 5.71. The van der Waals surface area contributed by atoms with E-state index in [1.165, 1.54) is 5.56 Å². The first kappa shape index (κ1) is 14.2. The Morgan fingerprint density at radius 2 is 2.05 bits per heavy atom. The molecule has 0 bridgehead atoms. The van der Waals surface area contributed by atoms with Gasteiger partial charge in [-0.1, -0.05) is 35.5 Å². The third-order valence-corrected chi connectivity index (χ3v) is 3.58. The molecular formula is C16H21N3O2. The molecule has 1 saturated heterocycles. The zero-order valence-electron chi connectivity index (χ0n) is 12.6. The largest absolute Gasteiger partial charge is 0.373 e. The molecule has 1 fully saturated rings. The Bertz CT molecular complexity index is 580. The molecule has 0 amide bonds. The number of aromatic nitrogens is 2. The van der Waals surface area contributed by atoms with E-state index in [1.54, 1.807) is 0 Å². The highest BCUT2D eigenvalue weighted by Crippen LogP contribution is 2.18. The van der Waals surface area contributed by atoms with Crippen LogP contribution in [0.4, 0.5) is 0 Å². The van der Waals surface area contributed by atoms with Crippen molar-refractivity contribution in [3.8, 4) is 0 Å². The Morgan fingerprint density at radius 1 is 1.24 bits per heavy atom. The van der Waals surface area contributed by atoms with Crippen molar-refractivity contribution in [2.75, 3.05) is 19.7 Å². The molecule has 0 atom stereocenters. The topological polar surface area (TPSA) is 51.4 Å². The van der Waals surface area contributed by atoms with E-state index in [-0.39, 0.29) is 5.60 Å². The standard InChI is InChI=1S/C16H21N3O2/c1-16(2)12-19(8-9-20-16)11-15-17-14(18-21-15)10-13-6-4-3-5-7-13/h3-7H,8-12H2,1-2H3. The molecule has 2 heterocycles. The monoisotopic (exact) mass is 287 g/mol. The summed E-state index contributed by atoms with van der Waals surface area (Å²) in [5.74, 6) is 1.42. The molecule has 1 aliphatic heterocycles. The fourth-order valence-corrected chi connectivity index (χ4v) is 2.65. The number of rotatable bonds is 4. The quantitative estimate of drug-likeness (QED) is 0.863. The van der Waals surface area contributed by atoms with Crippen LogP contribution in [0.1, 0.15) is 31.1 Å². The summed E-state index contributed by atoms with van der Waals surface area (Å²) < 4.78 is 11.1. The van der Waals surface area contributed by atoms with E-state index in [4.69, 9.17) is 9.26 Å². The molecule has 2 aromatic rings. The van der Waals surface area contributed by atoms with E-state index in [1.807, 2.05) is 18.2 Å². The van der Waals surface area contributed by atoms with Gasteiger partial charge in [0, 0.05) is 19.5 Å². The fraction of sp³-hybridized carbons (Fsp3) is 0.500. The maximum Gasteiger partial charge on any atom is 0.240 e. The fourth-order valence-electron chi connectivity index (χ4n) is 2.65. The van der Waals surface area contributed by atoms with Crippen molar-refractivity contribution in [1.82, 2.24) is 15.0 Å². The summed E-state index contributed by atoms with van der Waals surface area (Å²) >= 11 is 0. The highest BCUT2D eigenvalue weighted by atomic mass is 16.5. The van der Waals surface area contributed by atoms with Crippen molar-refractivity contribution in [1.29, 1.82) is 0 Å². The van der Waals surface area contributed by atoms with Crippen molar-refractivity contribution >= 4 is 0 Å². The highest BCUT2D eigenvalue weighted by molar-refractivity contribution is 5.18. The molecule has 0 radical (unpaired) electrons. The molecule has 1 aromatic heterocycles. The molecule has 0 aliphatic carbocycles. The first-order chi connectivity index (χ1) is 10.1. The van der Waals surface area contributed by atoms with Gasteiger partial charge in [0.25, 0.3) is 0 Å². The number of nitrogens with zero attached hydrogens (tertiary/aromatic N) is 3. The summed E-state index contributed by atoms with van der Waals surface area (Å²) in [6, 6.07) is 10.2. The van der Waals surface area contributed by atoms with Gasteiger partial charge in [0.2, 0.25) is 5.89 Å². The van der Waals surface area contributed by atoms with Crippen LogP contribution in [0.25, 0.3) is 0 Å². The lowest BCUT2D eigenvalue weighted by molar-refractivity contribution is -0.0900. The van der Waals surface area contributed by atoms with Gasteiger partial charge < -0.3 is 9.26 Å². The lowest BCUT2D eigenvalue weighted by Crippen LogP contribution is -2.47. The third-order valence-electron chi connectivity index (χ3n) is 3.58. The van der Waals surface area contributed by atoms with Crippen molar-refractivity contribution in [3.63, 3.8) is 0 Å². The summed E-state index contributed by atoms with van der Waals surface area (Å²) in [5, 5.41) is 4.07. The third kappa shape index (κ3) is 3.89. The smallest absolute Gasteiger partial charge is 0.240 e. The predicted octanol–water partition coefficient (Wildman–Crippen LogP) is 2.27. The summed E-state index contributed by atoms with van der Waals surface area (Å²) in [5.41, 5.74) is 1.09. The Morgan fingerprint density at radius 3 is 2.81 bits per heavy atom. The van der Waals surface area contributed by atoms with Crippen LogP contribution >= 0.6 is 0 Å². The molecule has 112 valence electrons. The average Bonchev–Trinajstić information content (AvgIpc) is 2.86. The van der Waals surface area contributed by atoms with Gasteiger partial charge in [0.05, 0.1) is 18.8 Å². The van der Waals surface area contributed by atoms with Gasteiger partial charge >= 0.3 is 0 Å². The van der Waals surface area contributed by atoms with E-state index in [0.717, 1.165) is 25.5 Å². The molecule has 3 rings (SSSR count). The summed E-state index contributed by atoms with van der Waals surface area (Å²) in [4.78, 5) is 6.78. The van der Waals surface area contributed by atoms with Gasteiger partial charge in [-0.05, 0) is 19.4 Å². The van der Waals surface area contributed by atoms with Crippen LogP contribution in [0.5, 0.6) is 0 Å². The second-order valence-corrected chi connectivity index (χ2v) is 6.09. The summed E-state index contributed by atoms with van der Waals surface area (Å²) in [6.45, 7) is 7.43. The number of hydrogen-bond donors (Lipinski definition) is 0. The number of hydrogen-bond acceptors (Lipinski definition) is 5. The van der Waals surface area contributed by atoms with Crippen molar-refractivity contribution in [3.05, 3.63) is 47.6 Å². The minimum Gasteiger partial charge on any atom is -0.373 e. The molecular weight excluding hydrogens is 266 g/mol. The molecule has 0 spiro atoms. The SMILES string of the molecule is CC1(C)CN(Cc2nc(Cc3ccccc3)no2)CCO1. The minimum atomic E-state index is -0.106. The molecule has 0 unspecified atom stereocenters. The van der Waals surface area contributed by atoms with Crippen molar-refractivity contribution < 1.29 is 9.26 Å². The Hall–Kier alpha value is -1.72. The highest BCUT2D eigenvalue weighted by Gasteiger charge is 2.28. The van der Waals surface area contributed by atoms with Gasteiger partial charge in [-0.3, -0.25) is 4.90 Å². The molecule has 5 nitrogen and oxygen atoms in total. The van der Waals surface area contributed by atoms with Crippen LogP contribution in [0.3, 0.4) is 0 Å². The second kappa shape index (κ2) is 5.95. The van der Waals surface area contributed by atoms with Gasteiger partial charge in [-0.25, -0.2) is 0 Å². The van der Waals surface area contributed by atoms with Crippen LogP contribution in [0.15, 0.2) is 34.9 Å². The Balaban J connectivity index is 1.60. The zero-order valence-corrected chi connectivity index (χ0v) is 12.6. The Labute approximate surface area is 124 Å². The van der Waals surface area contributed by atoms with Crippen LogP contribution < -0.4 is 0 Å². The molecule has 0 saturated carbocycles. The molecule has 21 heavy (non-hydrogen) atoms. The zero-order chi connectivity index (χ0) is 14.7. The van der Waals surface area contributed by atoms with Gasteiger partial charge in [-0.2, -0.15) is 4.98 Å².